The van der Waals surface area contributed by atoms with Gasteiger partial charge in [-0.2, -0.15) is 5.10 Å². The van der Waals surface area contributed by atoms with Gasteiger partial charge in [0.25, 0.3) is 5.91 Å². The SMILES string of the molecule is C/C(=N\NC(=O)c1ccc(CSc2nncn2C)cc1)c1ccc2ccccc2c1. The third kappa shape index (κ3) is 4.58. The van der Waals surface area contributed by atoms with Crippen LogP contribution in [-0.4, -0.2) is 26.4 Å². The van der Waals surface area contributed by atoms with Gasteiger partial charge in [-0.15, -0.1) is 10.2 Å². The van der Waals surface area contributed by atoms with Crippen molar-refractivity contribution in [2.24, 2.45) is 12.1 Å². The number of rotatable bonds is 6. The van der Waals surface area contributed by atoms with Gasteiger partial charge in [0.1, 0.15) is 6.33 Å². The van der Waals surface area contributed by atoms with Gasteiger partial charge < -0.3 is 4.57 Å². The van der Waals surface area contributed by atoms with Gasteiger partial charge >= 0.3 is 0 Å². The average molecular weight is 416 g/mol. The first-order chi connectivity index (χ1) is 14.6. The predicted molar refractivity (Wildman–Crippen MR) is 121 cm³/mol. The number of hydrogen-bond donors (Lipinski definition) is 1. The standard InChI is InChI=1S/C23H21N5OS/c1-16(20-12-11-18-5-3-4-6-21(18)13-20)25-26-22(29)19-9-7-17(8-10-19)14-30-23-27-24-15-28(23)2/h3-13,15H,14H2,1-2H3,(H,26,29)/b25-16+. The van der Waals surface area contributed by atoms with Gasteiger partial charge in [0.15, 0.2) is 5.16 Å². The van der Waals surface area contributed by atoms with Crippen LogP contribution in [0.2, 0.25) is 0 Å². The summed E-state index contributed by atoms with van der Waals surface area (Å²) in [6.07, 6.45) is 1.68. The van der Waals surface area contributed by atoms with E-state index in [4.69, 9.17) is 0 Å². The summed E-state index contributed by atoms with van der Waals surface area (Å²) in [6.45, 7) is 1.89. The second kappa shape index (κ2) is 8.92. The summed E-state index contributed by atoms with van der Waals surface area (Å²) in [5.41, 5.74) is 6.06. The van der Waals surface area contributed by atoms with Crippen molar-refractivity contribution in [3.05, 3.63) is 89.7 Å². The first kappa shape index (κ1) is 19.8. The molecule has 0 atom stereocenters. The molecule has 0 aliphatic heterocycles. The second-order valence-electron chi connectivity index (χ2n) is 6.91. The number of thioether (sulfide) groups is 1. The molecule has 4 rings (SSSR count). The van der Waals surface area contributed by atoms with E-state index in [2.05, 4.69) is 45.0 Å². The number of nitrogens with one attached hydrogen (secondary N) is 1. The molecule has 6 nitrogen and oxygen atoms in total. The van der Waals surface area contributed by atoms with Crippen LogP contribution in [0.25, 0.3) is 10.8 Å². The molecule has 1 amide bonds. The number of amides is 1. The number of aromatic nitrogens is 3. The van der Waals surface area contributed by atoms with E-state index in [1.54, 1.807) is 18.1 Å². The lowest BCUT2D eigenvalue weighted by molar-refractivity contribution is 0.0955. The maximum absolute atomic E-state index is 12.4. The highest BCUT2D eigenvalue weighted by atomic mass is 32.2. The molecule has 30 heavy (non-hydrogen) atoms. The Kier molecular flexibility index (Phi) is 5.90. The molecule has 0 radical (unpaired) electrons. The third-order valence-corrected chi connectivity index (χ3v) is 5.85. The minimum atomic E-state index is -0.234. The summed E-state index contributed by atoms with van der Waals surface area (Å²) >= 11 is 1.60. The van der Waals surface area contributed by atoms with Crippen molar-refractivity contribution >= 4 is 34.2 Å². The number of nitrogens with zero attached hydrogens (tertiary/aromatic N) is 4. The molecule has 3 aromatic carbocycles. The van der Waals surface area contributed by atoms with Crippen molar-refractivity contribution in [1.29, 1.82) is 0 Å². The van der Waals surface area contributed by atoms with Crippen molar-refractivity contribution < 1.29 is 4.79 Å². The lowest BCUT2D eigenvalue weighted by Gasteiger charge is -2.06. The first-order valence-electron chi connectivity index (χ1n) is 9.50. The summed E-state index contributed by atoms with van der Waals surface area (Å²) < 4.78 is 1.88. The molecular formula is C23H21N5OS. The lowest BCUT2D eigenvalue weighted by Crippen LogP contribution is -2.19. The van der Waals surface area contributed by atoms with Crippen LogP contribution in [0.15, 0.2) is 83.3 Å². The molecule has 0 bridgehead atoms. The molecule has 1 N–H and O–H groups in total. The molecule has 150 valence electrons. The summed E-state index contributed by atoms with van der Waals surface area (Å²) in [6, 6.07) is 21.8. The molecule has 0 aliphatic rings. The minimum absolute atomic E-state index is 0.234. The number of carbonyl (C=O) groups is 1. The number of carbonyl (C=O) groups excluding carboxylic acids is 1. The molecule has 0 saturated carbocycles. The molecule has 1 heterocycles. The Morgan fingerprint density at radius 1 is 1.03 bits per heavy atom. The van der Waals surface area contributed by atoms with Gasteiger partial charge in [-0.25, -0.2) is 5.43 Å². The maximum atomic E-state index is 12.4. The van der Waals surface area contributed by atoms with Crippen LogP contribution in [0.4, 0.5) is 0 Å². The highest BCUT2D eigenvalue weighted by molar-refractivity contribution is 7.98. The number of hydrogen-bond acceptors (Lipinski definition) is 5. The Bertz CT molecular complexity index is 1210. The molecular weight excluding hydrogens is 394 g/mol. The van der Waals surface area contributed by atoms with Crippen LogP contribution in [0.1, 0.15) is 28.4 Å². The Morgan fingerprint density at radius 3 is 2.50 bits per heavy atom. The Hall–Kier alpha value is -3.45. The van der Waals surface area contributed by atoms with E-state index in [0.717, 1.165) is 33.1 Å². The monoisotopic (exact) mass is 415 g/mol. The van der Waals surface area contributed by atoms with Gasteiger partial charge in [-0.3, -0.25) is 4.79 Å². The quantitative estimate of drug-likeness (QED) is 0.288. The fourth-order valence-electron chi connectivity index (χ4n) is 2.98. The van der Waals surface area contributed by atoms with Crippen LogP contribution < -0.4 is 5.43 Å². The van der Waals surface area contributed by atoms with Crippen LogP contribution in [0.3, 0.4) is 0 Å². The van der Waals surface area contributed by atoms with Gasteiger partial charge in [0.2, 0.25) is 0 Å². The number of benzene rings is 3. The fraction of sp³-hybridized carbons (Fsp3) is 0.130. The van der Waals surface area contributed by atoms with Crippen molar-refractivity contribution in [2.45, 2.75) is 17.8 Å². The maximum Gasteiger partial charge on any atom is 0.271 e. The van der Waals surface area contributed by atoms with Gasteiger partial charge in [0.05, 0.1) is 5.71 Å². The second-order valence-corrected chi connectivity index (χ2v) is 7.85. The van der Waals surface area contributed by atoms with Crippen molar-refractivity contribution in [1.82, 2.24) is 20.2 Å². The minimum Gasteiger partial charge on any atom is -0.312 e. The van der Waals surface area contributed by atoms with E-state index in [9.17, 15) is 4.79 Å². The fourth-order valence-corrected chi connectivity index (χ4v) is 3.83. The smallest absolute Gasteiger partial charge is 0.271 e. The van der Waals surface area contributed by atoms with Gasteiger partial charge in [-0.1, -0.05) is 60.3 Å². The molecule has 0 fully saturated rings. The van der Waals surface area contributed by atoms with E-state index in [1.165, 1.54) is 5.39 Å². The Balaban J connectivity index is 1.38. The molecule has 0 spiro atoms. The molecule has 1 aromatic heterocycles. The van der Waals surface area contributed by atoms with E-state index in [0.29, 0.717) is 5.56 Å². The lowest BCUT2D eigenvalue weighted by atomic mass is 10.0. The molecule has 4 aromatic rings. The molecule has 0 unspecified atom stereocenters. The van der Waals surface area contributed by atoms with Crippen LogP contribution in [0, 0.1) is 0 Å². The third-order valence-electron chi connectivity index (χ3n) is 4.75. The van der Waals surface area contributed by atoms with Crippen molar-refractivity contribution in [3.8, 4) is 0 Å². The zero-order valence-corrected chi connectivity index (χ0v) is 17.6. The highest BCUT2D eigenvalue weighted by Gasteiger charge is 2.07. The summed E-state index contributed by atoms with van der Waals surface area (Å²) in [4.78, 5) is 12.4. The van der Waals surface area contributed by atoms with Gasteiger partial charge in [0, 0.05) is 18.4 Å². The van der Waals surface area contributed by atoms with Crippen molar-refractivity contribution in [2.75, 3.05) is 0 Å². The number of fused-ring (bicyclic) bond motifs is 1. The zero-order chi connectivity index (χ0) is 20.9. The number of hydrazone groups is 1. The van der Waals surface area contributed by atoms with Gasteiger partial charge in [-0.05, 0) is 47.0 Å². The first-order valence-corrected chi connectivity index (χ1v) is 10.5. The Labute approximate surface area is 179 Å². The largest absolute Gasteiger partial charge is 0.312 e. The molecule has 7 heteroatoms. The van der Waals surface area contributed by atoms with Crippen LogP contribution in [0.5, 0.6) is 0 Å². The average Bonchev–Trinajstić information content (AvgIpc) is 3.20. The van der Waals surface area contributed by atoms with E-state index in [1.807, 2.05) is 61.0 Å². The predicted octanol–water partition coefficient (Wildman–Crippen LogP) is 4.41. The Morgan fingerprint density at radius 2 is 1.77 bits per heavy atom. The van der Waals surface area contributed by atoms with Crippen LogP contribution in [-0.2, 0) is 12.8 Å². The summed E-state index contributed by atoms with van der Waals surface area (Å²) in [5, 5.41) is 15.4. The number of aryl methyl sites for hydroxylation is 1. The molecule has 0 saturated heterocycles. The highest BCUT2D eigenvalue weighted by Crippen LogP contribution is 2.20. The van der Waals surface area contributed by atoms with E-state index < -0.39 is 0 Å². The van der Waals surface area contributed by atoms with Crippen molar-refractivity contribution in [3.63, 3.8) is 0 Å². The van der Waals surface area contributed by atoms with Crippen LogP contribution >= 0.6 is 11.8 Å². The van der Waals surface area contributed by atoms with E-state index in [-0.39, 0.29) is 5.91 Å². The molecule has 0 aliphatic carbocycles. The zero-order valence-electron chi connectivity index (χ0n) is 16.7. The topological polar surface area (TPSA) is 72.2 Å². The summed E-state index contributed by atoms with van der Waals surface area (Å²) in [7, 11) is 1.91. The summed E-state index contributed by atoms with van der Waals surface area (Å²) in [5.74, 6) is 0.524. The normalized spacial score (nSPS) is 11.6. The van der Waals surface area contributed by atoms with E-state index >= 15 is 0 Å².